The van der Waals surface area contributed by atoms with Crippen molar-refractivity contribution in [1.29, 1.82) is 0 Å². The number of hydrogen-bond donors (Lipinski definition) is 1. The summed E-state index contributed by atoms with van der Waals surface area (Å²) in [6.07, 6.45) is -4.72. The van der Waals surface area contributed by atoms with Crippen molar-refractivity contribution < 1.29 is 32.4 Å². The predicted molar refractivity (Wildman–Crippen MR) is 107 cm³/mol. The van der Waals surface area contributed by atoms with Crippen molar-refractivity contribution in [3.05, 3.63) is 57.6 Å². The first-order chi connectivity index (χ1) is 14.6. The third kappa shape index (κ3) is 6.00. The molecule has 0 aliphatic rings. The van der Waals surface area contributed by atoms with E-state index < -0.39 is 22.4 Å². The molecule has 11 heteroatoms. The molecule has 1 N–H and O–H groups in total. The highest BCUT2D eigenvalue weighted by atomic mass is 19.4. The molecule has 0 saturated carbocycles. The maximum Gasteiger partial charge on any atom is 0.416 e. The van der Waals surface area contributed by atoms with Crippen molar-refractivity contribution in [2.45, 2.75) is 19.1 Å². The second-order valence-electron chi connectivity index (χ2n) is 6.57. The van der Waals surface area contributed by atoms with Crippen LogP contribution in [-0.4, -0.2) is 43.5 Å². The number of ether oxygens (including phenoxy) is 2. The van der Waals surface area contributed by atoms with E-state index in [0.29, 0.717) is 17.6 Å². The van der Waals surface area contributed by atoms with Gasteiger partial charge in [-0.3, -0.25) is 14.9 Å². The van der Waals surface area contributed by atoms with Crippen LogP contribution in [-0.2, 0) is 17.5 Å². The number of halogens is 3. The van der Waals surface area contributed by atoms with Gasteiger partial charge < -0.3 is 19.7 Å². The van der Waals surface area contributed by atoms with Gasteiger partial charge >= 0.3 is 6.18 Å². The van der Waals surface area contributed by atoms with Crippen LogP contribution >= 0.6 is 0 Å². The van der Waals surface area contributed by atoms with Crippen molar-refractivity contribution in [2.75, 3.05) is 33.1 Å². The number of carbonyl (C=O) groups excluding carboxylic acids is 1. The summed E-state index contributed by atoms with van der Waals surface area (Å²) in [5, 5.41) is 13.8. The number of rotatable bonds is 9. The van der Waals surface area contributed by atoms with Crippen LogP contribution in [0.4, 0.5) is 24.5 Å². The lowest BCUT2D eigenvalue weighted by molar-refractivity contribution is -0.384. The molecular formula is C20H22F3N3O5. The van der Waals surface area contributed by atoms with Crippen molar-refractivity contribution in [3.8, 4) is 11.5 Å². The molecule has 2 rings (SSSR count). The van der Waals surface area contributed by atoms with Crippen LogP contribution in [0.2, 0.25) is 0 Å². The molecule has 0 heterocycles. The van der Waals surface area contributed by atoms with Crippen LogP contribution in [0.3, 0.4) is 0 Å². The Bertz CT molecular complexity index is 950. The minimum atomic E-state index is -4.69. The van der Waals surface area contributed by atoms with Gasteiger partial charge in [0, 0.05) is 38.2 Å². The molecule has 0 aliphatic carbocycles. The monoisotopic (exact) mass is 441 g/mol. The lowest BCUT2D eigenvalue weighted by atomic mass is 10.1. The first-order valence-electron chi connectivity index (χ1n) is 9.11. The van der Waals surface area contributed by atoms with Crippen LogP contribution in [0.15, 0.2) is 36.4 Å². The summed E-state index contributed by atoms with van der Waals surface area (Å²) in [7, 11) is 4.58. The van der Waals surface area contributed by atoms with Gasteiger partial charge in [0.1, 0.15) is 5.69 Å². The molecule has 0 saturated heterocycles. The molecule has 2 aromatic rings. The lowest BCUT2D eigenvalue weighted by Crippen LogP contribution is -2.28. The number of alkyl halides is 3. The molecular weight excluding hydrogens is 419 g/mol. The Balaban J connectivity index is 2.01. The fourth-order valence-electron chi connectivity index (χ4n) is 2.93. The Morgan fingerprint density at radius 3 is 2.48 bits per heavy atom. The molecule has 2 aromatic carbocycles. The summed E-state index contributed by atoms with van der Waals surface area (Å²) in [5.74, 6) is 0.757. The number of nitrogens with one attached hydrogen (secondary N) is 1. The second kappa shape index (κ2) is 10.0. The first-order valence-corrected chi connectivity index (χ1v) is 9.11. The zero-order valence-electron chi connectivity index (χ0n) is 17.2. The topological polar surface area (TPSA) is 93.9 Å². The molecule has 0 aromatic heterocycles. The molecule has 0 spiro atoms. The standard InChI is InChI=1S/C20H22F3N3O5/c1-25(12-13-5-4-6-17(30-2)19(13)31-3)18(27)9-10-24-15-8-7-14(20(21,22)23)11-16(15)26(28)29/h4-8,11,24H,9-10,12H2,1-3H3. The zero-order valence-corrected chi connectivity index (χ0v) is 17.2. The Morgan fingerprint density at radius 1 is 1.19 bits per heavy atom. The number of methoxy groups -OCH3 is 2. The van der Waals surface area contributed by atoms with Gasteiger partial charge in [-0.05, 0) is 18.2 Å². The fourth-order valence-corrected chi connectivity index (χ4v) is 2.93. The number of anilines is 1. The van der Waals surface area contributed by atoms with E-state index in [4.69, 9.17) is 9.47 Å². The molecule has 1 amide bonds. The van der Waals surface area contributed by atoms with Gasteiger partial charge in [-0.25, -0.2) is 0 Å². The Kier molecular flexibility index (Phi) is 7.67. The highest BCUT2D eigenvalue weighted by molar-refractivity contribution is 5.77. The molecule has 0 aliphatic heterocycles. The molecule has 0 radical (unpaired) electrons. The van der Waals surface area contributed by atoms with Gasteiger partial charge in [-0.2, -0.15) is 13.2 Å². The molecule has 168 valence electrons. The normalized spacial score (nSPS) is 11.0. The van der Waals surface area contributed by atoms with Gasteiger partial charge in [0.15, 0.2) is 11.5 Å². The quantitative estimate of drug-likeness (QED) is 0.465. The predicted octanol–water partition coefficient (Wildman–Crippen LogP) is 4.09. The third-order valence-electron chi connectivity index (χ3n) is 4.49. The smallest absolute Gasteiger partial charge is 0.416 e. The SMILES string of the molecule is COc1cccc(CN(C)C(=O)CCNc2ccc(C(F)(F)F)cc2[N+](=O)[O-])c1OC. The summed E-state index contributed by atoms with van der Waals surface area (Å²) < 4.78 is 48.9. The number of para-hydroxylation sites is 1. The highest BCUT2D eigenvalue weighted by Crippen LogP contribution is 2.35. The maximum absolute atomic E-state index is 12.8. The van der Waals surface area contributed by atoms with Crippen LogP contribution in [0.1, 0.15) is 17.5 Å². The van der Waals surface area contributed by atoms with Gasteiger partial charge in [0.2, 0.25) is 5.91 Å². The van der Waals surface area contributed by atoms with E-state index in [1.165, 1.54) is 19.1 Å². The highest BCUT2D eigenvalue weighted by Gasteiger charge is 2.33. The average molecular weight is 441 g/mol. The van der Waals surface area contributed by atoms with E-state index in [0.717, 1.165) is 17.7 Å². The van der Waals surface area contributed by atoms with E-state index in [2.05, 4.69) is 5.32 Å². The first kappa shape index (κ1) is 23.8. The van der Waals surface area contributed by atoms with E-state index in [9.17, 15) is 28.1 Å². The number of nitro groups is 1. The number of amides is 1. The minimum Gasteiger partial charge on any atom is -0.493 e. The molecule has 8 nitrogen and oxygen atoms in total. The number of nitro benzene ring substituents is 1. The largest absolute Gasteiger partial charge is 0.493 e. The zero-order chi connectivity index (χ0) is 23.2. The van der Waals surface area contributed by atoms with Crippen LogP contribution in [0.5, 0.6) is 11.5 Å². The van der Waals surface area contributed by atoms with E-state index in [-0.39, 0.29) is 31.1 Å². The number of nitrogens with zero attached hydrogens (tertiary/aromatic N) is 2. The number of carbonyl (C=O) groups is 1. The van der Waals surface area contributed by atoms with Crippen LogP contribution in [0.25, 0.3) is 0 Å². The number of hydrogen-bond acceptors (Lipinski definition) is 6. The van der Waals surface area contributed by atoms with Crippen LogP contribution < -0.4 is 14.8 Å². The molecule has 31 heavy (non-hydrogen) atoms. The third-order valence-corrected chi connectivity index (χ3v) is 4.49. The molecule has 0 bridgehead atoms. The molecule has 0 fully saturated rings. The Morgan fingerprint density at radius 2 is 1.90 bits per heavy atom. The van der Waals surface area contributed by atoms with Crippen molar-refractivity contribution in [1.82, 2.24) is 4.90 Å². The summed E-state index contributed by atoms with van der Waals surface area (Å²) in [6, 6.07) is 7.47. The van der Waals surface area contributed by atoms with Gasteiger partial charge in [-0.15, -0.1) is 0 Å². The van der Waals surface area contributed by atoms with Gasteiger partial charge in [-0.1, -0.05) is 12.1 Å². The van der Waals surface area contributed by atoms with Crippen LogP contribution in [0, 0.1) is 10.1 Å². The van der Waals surface area contributed by atoms with Crippen molar-refractivity contribution in [3.63, 3.8) is 0 Å². The Hall–Kier alpha value is -3.50. The van der Waals surface area contributed by atoms with Crippen molar-refractivity contribution in [2.24, 2.45) is 0 Å². The second-order valence-corrected chi connectivity index (χ2v) is 6.57. The van der Waals surface area contributed by atoms with E-state index in [1.807, 2.05) is 0 Å². The minimum absolute atomic E-state index is 0.00459. The van der Waals surface area contributed by atoms with Gasteiger partial charge in [0.05, 0.1) is 24.7 Å². The summed E-state index contributed by atoms with van der Waals surface area (Å²) >= 11 is 0. The lowest BCUT2D eigenvalue weighted by Gasteiger charge is -2.20. The maximum atomic E-state index is 12.8. The summed E-state index contributed by atoms with van der Waals surface area (Å²) in [4.78, 5) is 24.1. The fraction of sp³-hybridized carbons (Fsp3) is 0.350. The molecule has 0 unspecified atom stereocenters. The Labute approximate surface area is 176 Å². The van der Waals surface area contributed by atoms with Crippen molar-refractivity contribution >= 4 is 17.3 Å². The number of benzene rings is 2. The average Bonchev–Trinajstić information content (AvgIpc) is 2.72. The van der Waals surface area contributed by atoms with E-state index >= 15 is 0 Å². The summed E-state index contributed by atoms with van der Waals surface area (Å²) in [6.45, 7) is 0.240. The van der Waals surface area contributed by atoms with E-state index in [1.54, 1.807) is 25.2 Å². The molecule has 0 atom stereocenters. The van der Waals surface area contributed by atoms with Gasteiger partial charge in [0.25, 0.3) is 5.69 Å². The summed E-state index contributed by atoms with van der Waals surface area (Å²) in [5.41, 5.74) is -1.20.